The van der Waals surface area contributed by atoms with Crippen molar-refractivity contribution in [2.45, 2.75) is 25.2 Å². The first-order valence-corrected chi connectivity index (χ1v) is 8.10. The minimum absolute atomic E-state index is 0.249. The van der Waals surface area contributed by atoms with Crippen molar-refractivity contribution < 1.29 is 23.8 Å². The first-order valence-electron chi connectivity index (χ1n) is 8.10. The van der Waals surface area contributed by atoms with Crippen LogP contribution in [0.25, 0.3) is 0 Å². The maximum atomic E-state index is 12.3. The third-order valence-corrected chi connectivity index (χ3v) is 4.45. The van der Waals surface area contributed by atoms with Gasteiger partial charge in [0.25, 0.3) is 0 Å². The van der Waals surface area contributed by atoms with E-state index in [1.807, 2.05) is 24.3 Å². The second-order valence-electron chi connectivity index (χ2n) is 5.89. The van der Waals surface area contributed by atoms with Gasteiger partial charge in [-0.25, -0.2) is 0 Å². The number of rotatable bonds is 3. The maximum absolute atomic E-state index is 12.3. The molecule has 2 aliphatic rings. The predicted molar refractivity (Wildman–Crippen MR) is 85.3 cm³/mol. The molecule has 1 aromatic rings. The Labute approximate surface area is 140 Å². The van der Waals surface area contributed by atoms with Gasteiger partial charge in [-0.05, 0) is 6.07 Å². The molecular weight excluding hydrogens is 312 g/mol. The van der Waals surface area contributed by atoms with Crippen LogP contribution in [-0.4, -0.2) is 55.9 Å². The van der Waals surface area contributed by atoms with E-state index in [1.54, 1.807) is 12.0 Å². The molecule has 0 unspecified atom stereocenters. The number of methoxy groups -OCH3 is 1. The molecule has 1 spiro atoms. The van der Waals surface area contributed by atoms with E-state index in [0.29, 0.717) is 44.9 Å². The van der Waals surface area contributed by atoms with E-state index in [0.717, 1.165) is 5.56 Å². The average molecular weight is 334 g/mol. The van der Waals surface area contributed by atoms with Gasteiger partial charge in [-0.3, -0.25) is 9.59 Å². The lowest BCUT2D eigenvalue weighted by Gasteiger charge is -2.37. The normalized spacial score (nSPS) is 19.3. The van der Waals surface area contributed by atoms with Gasteiger partial charge in [0.1, 0.15) is 5.75 Å². The van der Waals surface area contributed by atoms with Crippen molar-refractivity contribution in [1.82, 2.24) is 10.2 Å². The molecule has 1 N–H and O–H groups in total. The average Bonchev–Trinajstić information content (AvgIpc) is 3.08. The highest BCUT2D eigenvalue weighted by Gasteiger charge is 2.41. The Hall–Kier alpha value is -2.12. The molecule has 7 nitrogen and oxygen atoms in total. The zero-order chi connectivity index (χ0) is 17.0. The number of para-hydroxylation sites is 1. The van der Waals surface area contributed by atoms with Crippen molar-refractivity contribution >= 4 is 11.8 Å². The SMILES string of the molecule is COc1ccccc1CNC(=O)C(=O)N1CCC2(CC1)OCCO2. The van der Waals surface area contributed by atoms with Gasteiger partial charge in [0.2, 0.25) is 0 Å². The highest BCUT2D eigenvalue weighted by atomic mass is 16.7. The number of carbonyl (C=O) groups excluding carboxylic acids is 2. The molecular formula is C17H22N2O5. The molecule has 2 saturated heterocycles. The van der Waals surface area contributed by atoms with Gasteiger partial charge in [0.15, 0.2) is 5.79 Å². The fourth-order valence-electron chi connectivity index (χ4n) is 3.08. The molecule has 1 aromatic carbocycles. The van der Waals surface area contributed by atoms with Crippen LogP contribution in [0.5, 0.6) is 5.75 Å². The van der Waals surface area contributed by atoms with Gasteiger partial charge in [0.05, 0.1) is 20.3 Å². The smallest absolute Gasteiger partial charge is 0.311 e. The quantitative estimate of drug-likeness (QED) is 0.823. The van der Waals surface area contributed by atoms with Crippen LogP contribution in [0, 0.1) is 0 Å². The number of benzene rings is 1. The van der Waals surface area contributed by atoms with Crippen LogP contribution in [-0.2, 0) is 25.6 Å². The zero-order valence-electron chi connectivity index (χ0n) is 13.7. The van der Waals surface area contributed by atoms with E-state index in [-0.39, 0.29) is 6.54 Å². The molecule has 0 saturated carbocycles. The minimum Gasteiger partial charge on any atom is -0.496 e. The molecule has 0 radical (unpaired) electrons. The zero-order valence-corrected chi connectivity index (χ0v) is 13.7. The van der Waals surface area contributed by atoms with Crippen LogP contribution in [0.3, 0.4) is 0 Å². The Morgan fingerprint density at radius 1 is 1.21 bits per heavy atom. The first-order chi connectivity index (χ1) is 11.6. The van der Waals surface area contributed by atoms with E-state index < -0.39 is 17.6 Å². The molecule has 2 amide bonds. The number of piperidine rings is 1. The molecule has 0 aliphatic carbocycles. The van der Waals surface area contributed by atoms with E-state index in [9.17, 15) is 9.59 Å². The molecule has 2 heterocycles. The number of hydrogen-bond donors (Lipinski definition) is 1. The van der Waals surface area contributed by atoms with Crippen LogP contribution >= 0.6 is 0 Å². The summed E-state index contributed by atoms with van der Waals surface area (Å²) in [6, 6.07) is 7.38. The van der Waals surface area contributed by atoms with Crippen molar-refractivity contribution in [2.75, 3.05) is 33.4 Å². The Balaban J connectivity index is 1.51. The molecule has 130 valence electrons. The molecule has 0 aromatic heterocycles. The van der Waals surface area contributed by atoms with E-state index in [1.165, 1.54) is 0 Å². The van der Waals surface area contributed by atoms with Gasteiger partial charge in [-0.1, -0.05) is 18.2 Å². The largest absolute Gasteiger partial charge is 0.496 e. The van der Waals surface area contributed by atoms with Crippen LogP contribution in [0.4, 0.5) is 0 Å². The number of nitrogens with zero attached hydrogens (tertiary/aromatic N) is 1. The van der Waals surface area contributed by atoms with E-state index in [4.69, 9.17) is 14.2 Å². The third kappa shape index (κ3) is 3.52. The number of carbonyl (C=O) groups is 2. The lowest BCUT2D eigenvalue weighted by molar-refractivity contribution is -0.188. The summed E-state index contributed by atoms with van der Waals surface area (Å²) in [5, 5.41) is 2.66. The lowest BCUT2D eigenvalue weighted by atomic mass is 10.0. The Bertz CT molecular complexity index is 603. The second-order valence-corrected chi connectivity index (χ2v) is 5.89. The molecule has 0 atom stereocenters. The number of likely N-dealkylation sites (tertiary alicyclic amines) is 1. The van der Waals surface area contributed by atoms with Gasteiger partial charge in [-0.2, -0.15) is 0 Å². The molecule has 2 aliphatic heterocycles. The Morgan fingerprint density at radius 3 is 2.54 bits per heavy atom. The van der Waals surface area contributed by atoms with Crippen LogP contribution in [0.1, 0.15) is 18.4 Å². The fraction of sp³-hybridized carbons (Fsp3) is 0.529. The standard InChI is InChI=1S/C17H22N2O5/c1-22-14-5-3-2-4-13(14)12-18-15(20)16(21)19-8-6-17(7-9-19)23-10-11-24-17/h2-5H,6-12H2,1H3,(H,18,20). The predicted octanol–water partition coefficient (Wildman–Crippen LogP) is 0.677. The molecule has 3 rings (SSSR count). The van der Waals surface area contributed by atoms with Crippen LogP contribution < -0.4 is 10.1 Å². The molecule has 7 heteroatoms. The summed E-state index contributed by atoms with van der Waals surface area (Å²) in [6.45, 7) is 2.35. The summed E-state index contributed by atoms with van der Waals surface area (Å²) in [4.78, 5) is 25.9. The van der Waals surface area contributed by atoms with Crippen LogP contribution in [0.2, 0.25) is 0 Å². The highest BCUT2D eigenvalue weighted by Crippen LogP contribution is 2.31. The van der Waals surface area contributed by atoms with Crippen LogP contribution in [0.15, 0.2) is 24.3 Å². The van der Waals surface area contributed by atoms with Crippen molar-refractivity contribution in [2.24, 2.45) is 0 Å². The first kappa shape index (κ1) is 16.7. The van der Waals surface area contributed by atoms with Gasteiger partial charge in [-0.15, -0.1) is 0 Å². The summed E-state index contributed by atoms with van der Waals surface area (Å²) in [6.07, 6.45) is 1.19. The van der Waals surface area contributed by atoms with Crippen molar-refractivity contribution in [3.63, 3.8) is 0 Å². The molecule has 24 heavy (non-hydrogen) atoms. The summed E-state index contributed by atoms with van der Waals surface area (Å²) in [5.74, 6) is -0.992. The van der Waals surface area contributed by atoms with E-state index >= 15 is 0 Å². The second kappa shape index (κ2) is 7.19. The van der Waals surface area contributed by atoms with Gasteiger partial charge in [0, 0.05) is 38.0 Å². The fourth-order valence-corrected chi connectivity index (χ4v) is 3.08. The lowest BCUT2D eigenvalue weighted by Crippen LogP contribution is -2.51. The summed E-state index contributed by atoms with van der Waals surface area (Å²) in [5.41, 5.74) is 0.825. The van der Waals surface area contributed by atoms with Gasteiger partial charge >= 0.3 is 11.8 Å². The Morgan fingerprint density at radius 2 is 1.88 bits per heavy atom. The van der Waals surface area contributed by atoms with E-state index in [2.05, 4.69) is 5.32 Å². The molecule has 2 fully saturated rings. The van der Waals surface area contributed by atoms with Crippen molar-refractivity contribution in [3.8, 4) is 5.75 Å². The highest BCUT2D eigenvalue weighted by molar-refractivity contribution is 6.35. The molecule has 0 bridgehead atoms. The third-order valence-electron chi connectivity index (χ3n) is 4.45. The minimum atomic E-state index is -0.606. The maximum Gasteiger partial charge on any atom is 0.311 e. The number of amides is 2. The Kier molecular flexibility index (Phi) is 5.01. The topological polar surface area (TPSA) is 77.1 Å². The number of nitrogens with one attached hydrogen (secondary N) is 1. The summed E-state index contributed by atoms with van der Waals surface area (Å²) >= 11 is 0. The van der Waals surface area contributed by atoms with Crippen molar-refractivity contribution in [3.05, 3.63) is 29.8 Å². The van der Waals surface area contributed by atoms with Crippen molar-refractivity contribution in [1.29, 1.82) is 0 Å². The monoisotopic (exact) mass is 334 g/mol. The number of hydrogen-bond acceptors (Lipinski definition) is 5. The number of ether oxygens (including phenoxy) is 3. The van der Waals surface area contributed by atoms with Gasteiger partial charge < -0.3 is 24.4 Å². The summed E-state index contributed by atoms with van der Waals surface area (Å²) < 4.78 is 16.5. The summed E-state index contributed by atoms with van der Waals surface area (Å²) in [7, 11) is 1.57.